The molecular weight excluding hydrogens is 364 g/mol. The smallest absolute Gasteiger partial charge is 0.0574 e. The summed E-state index contributed by atoms with van der Waals surface area (Å²) in [5, 5.41) is 0. The molecular formula is C29H52O. The van der Waals surface area contributed by atoms with E-state index in [4.69, 9.17) is 4.74 Å². The van der Waals surface area contributed by atoms with Crippen molar-refractivity contribution < 1.29 is 4.74 Å². The average Bonchev–Trinajstić information content (AvgIpc) is 3.08. The van der Waals surface area contributed by atoms with Gasteiger partial charge in [0, 0.05) is 7.11 Å². The molecule has 0 heterocycles. The third-order valence-corrected chi connectivity index (χ3v) is 11.9. The van der Waals surface area contributed by atoms with Gasteiger partial charge in [-0.05, 0) is 116 Å². The summed E-state index contributed by atoms with van der Waals surface area (Å²) in [4.78, 5) is 0. The van der Waals surface area contributed by atoms with E-state index in [0.717, 1.165) is 47.3 Å². The molecule has 0 saturated heterocycles. The van der Waals surface area contributed by atoms with Crippen molar-refractivity contribution in [3.63, 3.8) is 0 Å². The Morgan fingerprint density at radius 3 is 2.20 bits per heavy atom. The first-order valence-corrected chi connectivity index (χ1v) is 13.7. The van der Waals surface area contributed by atoms with Crippen LogP contribution in [0.2, 0.25) is 0 Å². The monoisotopic (exact) mass is 416 g/mol. The minimum atomic E-state index is 0.540. The van der Waals surface area contributed by atoms with Gasteiger partial charge in [0.2, 0.25) is 0 Å². The number of methoxy groups -OCH3 is 1. The van der Waals surface area contributed by atoms with Crippen molar-refractivity contribution in [2.45, 2.75) is 118 Å². The van der Waals surface area contributed by atoms with E-state index in [1.54, 1.807) is 0 Å². The van der Waals surface area contributed by atoms with Crippen LogP contribution in [0.5, 0.6) is 0 Å². The van der Waals surface area contributed by atoms with Crippen molar-refractivity contribution in [1.82, 2.24) is 0 Å². The first-order chi connectivity index (χ1) is 14.2. The molecule has 4 aliphatic rings. The SMILES string of the molecule is CO[C@H]1CC[C@@]2(C)C(CC[C@H]3[C@@H]4CC[C@H]([C@H](C)CC[C@@H](C)C(C)C)[C@@]4(C)CC[C@@H]32)C1. The van der Waals surface area contributed by atoms with Crippen LogP contribution in [0.1, 0.15) is 112 Å². The first kappa shape index (κ1) is 23.1. The number of hydrogen-bond acceptors (Lipinski definition) is 1. The van der Waals surface area contributed by atoms with Gasteiger partial charge in [0.05, 0.1) is 6.10 Å². The Hall–Kier alpha value is -0.0400. The summed E-state index contributed by atoms with van der Waals surface area (Å²) < 4.78 is 5.80. The van der Waals surface area contributed by atoms with Gasteiger partial charge in [0.1, 0.15) is 0 Å². The number of ether oxygens (including phenoxy) is 1. The van der Waals surface area contributed by atoms with E-state index in [0.29, 0.717) is 16.9 Å². The minimum Gasteiger partial charge on any atom is -0.381 e. The lowest BCUT2D eigenvalue weighted by molar-refractivity contribution is -0.133. The maximum atomic E-state index is 5.80. The van der Waals surface area contributed by atoms with Gasteiger partial charge in [0.25, 0.3) is 0 Å². The largest absolute Gasteiger partial charge is 0.381 e. The quantitative estimate of drug-likeness (QED) is 0.422. The Kier molecular flexibility index (Phi) is 6.72. The molecule has 4 saturated carbocycles. The highest BCUT2D eigenvalue weighted by Crippen LogP contribution is 2.68. The number of fused-ring (bicyclic) bond motifs is 5. The molecule has 4 fully saturated rings. The van der Waals surface area contributed by atoms with E-state index in [1.807, 2.05) is 7.11 Å². The molecule has 0 aliphatic heterocycles. The summed E-state index contributed by atoms with van der Waals surface area (Å²) in [6.07, 6.45) is 16.6. The lowest BCUT2D eigenvalue weighted by atomic mass is 9.44. The van der Waals surface area contributed by atoms with E-state index in [1.165, 1.54) is 70.6 Å². The zero-order valence-corrected chi connectivity index (χ0v) is 21.4. The average molecular weight is 417 g/mol. The van der Waals surface area contributed by atoms with Crippen LogP contribution in [0.3, 0.4) is 0 Å². The topological polar surface area (TPSA) is 9.23 Å². The summed E-state index contributed by atoms with van der Waals surface area (Å²) in [6, 6.07) is 0. The van der Waals surface area contributed by atoms with Crippen molar-refractivity contribution in [2.75, 3.05) is 7.11 Å². The normalized spacial score (nSPS) is 48.0. The fourth-order valence-electron chi connectivity index (χ4n) is 9.47. The first-order valence-electron chi connectivity index (χ1n) is 13.7. The molecule has 0 bridgehead atoms. The Bertz CT molecular complexity index is 583. The van der Waals surface area contributed by atoms with Crippen LogP contribution < -0.4 is 0 Å². The molecule has 0 spiro atoms. The minimum absolute atomic E-state index is 0.540. The lowest BCUT2D eigenvalue weighted by Crippen LogP contribution is -2.54. The third-order valence-electron chi connectivity index (χ3n) is 11.9. The summed E-state index contributed by atoms with van der Waals surface area (Å²) >= 11 is 0. The second-order valence-corrected chi connectivity index (χ2v) is 13.3. The van der Waals surface area contributed by atoms with E-state index in [-0.39, 0.29) is 0 Å². The predicted octanol–water partition coefficient (Wildman–Crippen LogP) is 8.37. The number of hydrogen-bond donors (Lipinski definition) is 0. The van der Waals surface area contributed by atoms with Crippen molar-refractivity contribution in [3.05, 3.63) is 0 Å². The highest BCUT2D eigenvalue weighted by atomic mass is 16.5. The summed E-state index contributed by atoms with van der Waals surface area (Å²) in [5.74, 6) is 7.59. The van der Waals surface area contributed by atoms with Crippen molar-refractivity contribution in [2.24, 2.45) is 58.2 Å². The molecule has 4 rings (SSSR count). The van der Waals surface area contributed by atoms with Gasteiger partial charge >= 0.3 is 0 Å². The molecule has 10 atom stereocenters. The van der Waals surface area contributed by atoms with Crippen LogP contribution in [0.15, 0.2) is 0 Å². The highest BCUT2D eigenvalue weighted by Gasteiger charge is 2.60. The molecule has 174 valence electrons. The fourth-order valence-corrected chi connectivity index (χ4v) is 9.47. The Morgan fingerprint density at radius 1 is 0.800 bits per heavy atom. The van der Waals surface area contributed by atoms with Crippen LogP contribution in [0.25, 0.3) is 0 Å². The molecule has 0 radical (unpaired) electrons. The van der Waals surface area contributed by atoms with Gasteiger partial charge < -0.3 is 4.74 Å². The second-order valence-electron chi connectivity index (χ2n) is 13.3. The van der Waals surface area contributed by atoms with Crippen LogP contribution in [-0.2, 0) is 4.74 Å². The fraction of sp³-hybridized carbons (Fsp3) is 1.00. The van der Waals surface area contributed by atoms with Crippen molar-refractivity contribution in [3.8, 4) is 0 Å². The van der Waals surface area contributed by atoms with Crippen LogP contribution in [-0.4, -0.2) is 13.2 Å². The molecule has 0 aromatic heterocycles. The Labute approximate surface area is 188 Å². The molecule has 0 aromatic rings. The Balaban J connectivity index is 1.45. The standard InChI is InChI=1S/C29H52O/c1-19(2)20(3)8-9-21(4)25-12-13-26-24-11-10-22-18-23(30-7)14-16-28(22,5)27(24)15-17-29(25,26)6/h19-27H,8-18H2,1-7H3/t20-,21-,22?,23+,24+,25-,26+,27+,28+,29-/m1/s1. The molecule has 4 aliphatic carbocycles. The van der Waals surface area contributed by atoms with Crippen molar-refractivity contribution >= 4 is 0 Å². The van der Waals surface area contributed by atoms with Crippen LogP contribution in [0.4, 0.5) is 0 Å². The van der Waals surface area contributed by atoms with E-state index < -0.39 is 0 Å². The second kappa shape index (κ2) is 8.72. The van der Waals surface area contributed by atoms with E-state index in [2.05, 4.69) is 41.5 Å². The molecule has 1 nitrogen and oxygen atoms in total. The van der Waals surface area contributed by atoms with E-state index >= 15 is 0 Å². The predicted molar refractivity (Wildman–Crippen MR) is 128 cm³/mol. The van der Waals surface area contributed by atoms with Gasteiger partial charge in [-0.25, -0.2) is 0 Å². The van der Waals surface area contributed by atoms with Gasteiger partial charge in [0.15, 0.2) is 0 Å². The summed E-state index contributed by atoms with van der Waals surface area (Å²) in [6.45, 7) is 15.3. The van der Waals surface area contributed by atoms with Crippen molar-refractivity contribution in [1.29, 1.82) is 0 Å². The third kappa shape index (κ3) is 3.82. The van der Waals surface area contributed by atoms with Crippen LogP contribution >= 0.6 is 0 Å². The molecule has 0 aromatic carbocycles. The number of rotatable bonds is 6. The summed E-state index contributed by atoms with van der Waals surface area (Å²) in [5.41, 5.74) is 1.24. The molecule has 30 heavy (non-hydrogen) atoms. The lowest BCUT2D eigenvalue weighted by Gasteiger charge is -2.61. The molecule has 1 unspecified atom stereocenters. The molecule has 0 amide bonds. The van der Waals surface area contributed by atoms with Gasteiger partial charge in [-0.15, -0.1) is 0 Å². The summed E-state index contributed by atoms with van der Waals surface area (Å²) in [7, 11) is 1.94. The Morgan fingerprint density at radius 2 is 1.50 bits per heavy atom. The van der Waals surface area contributed by atoms with Crippen LogP contribution in [0, 0.1) is 58.2 Å². The maximum absolute atomic E-state index is 5.80. The maximum Gasteiger partial charge on any atom is 0.0574 e. The van der Waals surface area contributed by atoms with E-state index in [9.17, 15) is 0 Å². The zero-order chi connectivity index (χ0) is 21.7. The zero-order valence-electron chi connectivity index (χ0n) is 21.4. The van der Waals surface area contributed by atoms with Gasteiger partial charge in [-0.1, -0.05) is 54.4 Å². The highest BCUT2D eigenvalue weighted by molar-refractivity contribution is 5.09. The van der Waals surface area contributed by atoms with Gasteiger partial charge in [-0.2, -0.15) is 0 Å². The molecule has 1 heteroatoms. The molecule has 0 N–H and O–H groups in total. The van der Waals surface area contributed by atoms with Gasteiger partial charge in [-0.3, -0.25) is 0 Å².